The minimum absolute atomic E-state index is 0.153. The Morgan fingerprint density at radius 3 is 2.48 bits per heavy atom. The standard InChI is InChI=1S/C10H15BrN5O14P3/c11-10(19)5(17)3(1-27-32(23,24)30-33(25,26)29-31(20,21)22)28-8(10)16-2-13-4-6(16)14-9(12)15-7(4)18/h2-3,5,8,17,19H,1H2,(H,23,24)(H,25,26)(H2,20,21,22)(H3,12,14,15,18)/t3-,5-,8-,10-/m1/s1. The Morgan fingerprint density at radius 1 is 1.24 bits per heavy atom. The van der Waals surface area contributed by atoms with Crippen LogP contribution in [0.25, 0.3) is 11.2 Å². The van der Waals surface area contributed by atoms with Gasteiger partial charge in [0.1, 0.15) is 12.2 Å². The monoisotopic (exact) mass is 601 g/mol. The van der Waals surface area contributed by atoms with Crippen molar-refractivity contribution in [1.82, 2.24) is 19.5 Å². The molecule has 0 spiro atoms. The Labute approximate surface area is 189 Å². The van der Waals surface area contributed by atoms with Gasteiger partial charge in [0.2, 0.25) is 5.95 Å². The van der Waals surface area contributed by atoms with Crippen LogP contribution < -0.4 is 11.3 Å². The van der Waals surface area contributed by atoms with E-state index in [4.69, 9.17) is 25.2 Å². The van der Waals surface area contributed by atoms with E-state index in [2.05, 4.69) is 44.0 Å². The predicted octanol–water partition coefficient (Wildman–Crippen LogP) is -1.61. The van der Waals surface area contributed by atoms with Crippen LogP contribution in [0.3, 0.4) is 0 Å². The van der Waals surface area contributed by atoms with Gasteiger partial charge in [0.15, 0.2) is 21.9 Å². The Kier molecular flexibility index (Phi) is 7.11. The number of fused-ring (bicyclic) bond motifs is 1. The van der Waals surface area contributed by atoms with E-state index in [-0.39, 0.29) is 17.1 Å². The number of anilines is 1. The number of H-pyrrole nitrogens is 1. The molecule has 23 heteroatoms. The fourth-order valence-corrected chi connectivity index (χ4v) is 6.37. The summed E-state index contributed by atoms with van der Waals surface area (Å²) >= 11 is 2.84. The minimum Gasteiger partial charge on any atom is -0.386 e. The van der Waals surface area contributed by atoms with Crippen LogP contribution in [0, 0.1) is 0 Å². The Balaban J connectivity index is 1.78. The van der Waals surface area contributed by atoms with Gasteiger partial charge in [-0.15, -0.1) is 0 Å². The van der Waals surface area contributed by atoms with Gasteiger partial charge in [-0.05, 0) is 15.9 Å². The molecule has 19 nitrogen and oxygen atoms in total. The molecule has 3 rings (SSSR count). The highest BCUT2D eigenvalue weighted by atomic mass is 79.9. The molecule has 3 heterocycles. The molecule has 33 heavy (non-hydrogen) atoms. The van der Waals surface area contributed by atoms with Crippen molar-refractivity contribution in [2.75, 3.05) is 12.3 Å². The summed E-state index contributed by atoms with van der Waals surface area (Å²) in [7, 11) is -16.9. The zero-order valence-corrected chi connectivity index (χ0v) is 19.9. The van der Waals surface area contributed by atoms with E-state index in [0.717, 1.165) is 10.9 Å². The number of hydrogen-bond acceptors (Lipinski definition) is 13. The van der Waals surface area contributed by atoms with E-state index >= 15 is 0 Å². The number of nitrogens with two attached hydrogens (primary N) is 1. The number of nitrogens with zero attached hydrogens (tertiary/aromatic N) is 3. The highest BCUT2D eigenvalue weighted by Gasteiger charge is 2.56. The number of aromatic nitrogens is 4. The lowest BCUT2D eigenvalue weighted by Crippen LogP contribution is -2.41. The van der Waals surface area contributed by atoms with Crippen molar-refractivity contribution in [3.05, 3.63) is 16.7 Å². The van der Waals surface area contributed by atoms with Crippen LogP contribution in [0.15, 0.2) is 11.1 Å². The predicted molar refractivity (Wildman–Crippen MR) is 106 cm³/mol. The SMILES string of the molecule is Nc1nc2c(ncn2[C@@H]2O[C@H](COP(=O)(O)OP(=O)(O)OP(=O)(O)O)[C@@H](O)[C@]2(O)Br)c(=O)[nH]1. The number of nitrogen functional groups attached to an aromatic ring is 1. The maximum atomic E-state index is 11.9. The molecular formula is C10H15BrN5O14P3. The lowest BCUT2D eigenvalue weighted by Gasteiger charge is -2.25. The highest BCUT2D eigenvalue weighted by molar-refractivity contribution is 9.10. The molecule has 1 aliphatic rings. The molecule has 1 saturated heterocycles. The molecule has 1 aliphatic heterocycles. The number of aliphatic hydroxyl groups is 2. The lowest BCUT2D eigenvalue weighted by molar-refractivity contribution is -0.0559. The van der Waals surface area contributed by atoms with Crippen molar-refractivity contribution in [1.29, 1.82) is 0 Å². The van der Waals surface area contributed by atoms with Gasteiger partial charge in [0.25, 0.3) is 5.56 Å². The number of aromatic amines is 1. The quantitative estimate of drug-likeness (QED) is 0.124. The number of rotatable bonds is 8. The molecule has 6 atom stereocenters. The molecule has 0 amide bonds. The average Bonchev–Trinajstić information content (AvgIpc) is 3.10. The molecule has 0 aliphatic carbocycles. The van der Waals surface area contributed by atoms with Crippen molar-refractivity contribution in [2.24, 2.45) is 0 Å². The summed E-state index contributed by atoms with van der Waals surface area (Å²) in [6, 6.07) is 0. The molecule has 186 valence electrons. The van der Waals surface area contributed by atoms with Crippen LogP contribution in [0.5, 0.6) is 0 Å². The van der Waals surface area contributed by atoms with Crippen LogP contribution in [-0.4, -0.2) is 72.6 Å². The molecule has 2 aromatic heterocycles. The zero-order valence-electron chi connectivity index (χ0n) is 15.6. The number of aliphatic hydroxyl groups excluding tert-OH is 1. The van der Waals surface area contributed by atoms with E-state index in [1.165, 1.54) is 0 Å². The van der Waals surface area contributed by atoms with Crippen molar-refractivity contribution < 1.29 is 61.4 Å². The second kappa shape index (κ2) is 8.85. The summed E-state index contributed by atoms with van der Waals surface area (Å²) in [4.78, 5) is 57.5. The molecule has 0 bridgehead atoms. The third-order valence-corrected chi connectivity index (χ3v) is 8.60. The number of imidazole rings is 1. The van der Waals surface area contributed by atoms with Crippen LogP contribution in [0.1, 0.15) is 6.23 Å². The van der Waals surface area contributed by atoms with Gasteiger partial charge in [-0.25, -0.2) is 18.7 Å². The van der Waals surface area contributed by atoms with Crippen LogP contribution in [0.4, 0.5) is 5.95 Å². The molecule has 0 saturated carbocycles. The van der Waals surface area contributed by atoms with E-state index < -0.39 is 58.6 Å². The number of halogens is 1. The Morgan fingerprint density at radius 2 is 1.88 bits per heavy atom. The summed E-state index contributed by atoms with van der Waals surface area (Å²) in [6.07, 6.45) is -4.02. The minimum atomic E-state index is -5.75. The lowest BCUT2D eigenvalue weighted by atomic mass is 10.1. The van der Waals surface area contributed by atoms with Crippen LogP contribution in [-0.2, 0) is 31.6 Å². The smallest absolute Gasteiger partial charge is 0.386 e. The summed E-state index contributed by atoms with van der Waals surface area (Å²) in [5.41, 5.74) is 4.43. The third kappa shape index (κ3) is 5.95. The zero-order chi connectivity index (χ0) is 25.0. The highest BCUT2D eigenvalue weighted by Crippen LogP contribution is 2.66. The van der Waals surface area contributed by atoms with Gasteiger partial charge in [-0.3, -0.25) is 18.9 Å². The maximum Gasteiger partial charge on any atom is 0.490 e. The molecule has 2 aromatic rings. The Hall–Kier alpha value is -1.08. The summed E-state index contributed by atoms with van der Waals surface area (Å²) < 4.78 is 49.5. The maximum absolute atomic E-state index is 11.9. The summed E-state index contributed by atoms with van der Waals surface area (Å²) in [5.74, 6) is -0.296. The van der Waals surface area contributed by atoms with E-state index in [1.54, 1.807) is 0 Å². The second-order valence-electron chi connectivity index (χ2n) is 6.36. The van der Waals surface area contributed by atoms with Gasteiger partial charge in [-0.1, -0.05) is 0 Å². The van der Waals surface area contributed by atoms with Gasteiger partial charge < -0.3 is 40.3 Å². The fourth-order valence-electron chi connectivity index (χ4n) is 2.72. The van der Waals surface area contributed by atoms with E-state index in [0.29, 0.717) is 0 Å². The van der Waals surface area contributed by atoms with Gasteiger partial charge >= 0.3 is 23.5 Å². The molecule has 1 fully saturated rings. The third-order valence-electron chi connectivity index (χ3n) is 3.94. The largest absolute Gasteiger partial charge is 0.490 e. The molecular weight excluding hydrogens is 587 g/mol. The van der Waals surface area contributed by atoms with E-state index in [9.17, 15) is 33.6 Å². The first-order valence-electron chi connectivity index (χ1n) is 8.17. The number of ether oxygens (including phenoxy) is 1. The van der Waals surface area contributed by atoms with E-state index in [1.807, 2.05) is 0 Å². The van der Waals surface area contributed by atoms with Crippen molar-refractivity contribution in [3.63, 3.8) is 0 Å². The number of alkyl halides is 1. The molecule has 2 unspecified atom stereocenters. The van der Waals surface area contributed by atoms with Crippen molar-refractivity contribution >= 4 is 56.5 Å². The second-order valence-corrected chi connectivity index (χ2v) is 12.1. The average molecular weight is 602 g/mol. The summed E-state index contributed by atoms with van der Waals surface area (Å²) in [6.45, 7) is -1.06. The van der Waals surface area contributed by atoms with Crippen molar-refractivity contribution in [3.8, 4) is 0 Å². The first-order chi connectivity index (χ1) is 14.9. The normalized spacial score (nSPS) is 29.7. The van der Waals surface area contributed by atoms with Crippen LogP contribution in [0.2, 0.25) is 0 Å². The number of nitrogens with one attached hydrogen (secondary N) is 1. The topological polar surface area (TPSA) is 299 Å². The Bertz CT molecular complexity index is 1260. The molecule has 9 N–H and O–H groups in total. The van der Waals surface area contributed by atoms with Gasteiger partial charge in [0, 0.05) is 0 Å². The summed E-state index contributed by atoms with van der Waals surface area (Å²) in [5, 5.41) is 21.0. The number of phosphoric ester groups is 1. The van der Waals surface area contributed by atoms with Gasteiger partial charge in [-0.2, -0.15) is 13.6 Å². The van der Waals surface area contributed by atoms with Gasteiger partial charge in [0.05, 0.1) is 12.9 Å². The number of hydrogen-bond donors (Lipinski definition) is 8. The molecule has 0 radical (unpaired) electrons. The first-order valence-corrected chi connectivity index (χ1v) is 13.5. The first kappa shape index (κ1) is 26.5. The number of phosphoric acid groups is 3. The van der Waals surface area contributed by atoms with Crippen molar-refractivity contribution in [2.45, 2.75) is 22.9 Å². The molecule has 0 aromatic carbocycles. The van der Waals surface area contributed by atoms with Crippen LogP contribution >= 0.6 is 39.4 Å². The fraction of sp³-hybridized carbons (Fsp3) is 0.500.